The summed E-state index contributed by atoms with van der Waals surface area (Å²) in [6.45, 7) is 1.97. The molecule has 5 heteroatoms. The molecule has 0 aliphatic rings. The maximum Gasteiger partial charge on any atom is 0.0897 e. The van der Waals surface area contributed by atoms with Gasteiger partial charge in [0.15, 0.2) is 0 Å². The molecule has 0 radical (unpaired) electrons. The summed E-state index contributed by atoms with van der Waals surface area (Å²) in [4.78, 5) is 1.91. The maximum atomic E-state index is 9.61. The van der Waals surface area contributed by atoms with E-state index in [2.05, 4.69) is 12.1 Å². The van der Waals surface area contributed by atoms with Crippen molar-refractivity contribution in [3.05, 3.63) is 35.9 Å². The van der Waals surface area contributed by atoms with Crippen molar-refractivity contribution in [3.63, 3.8) is 0 Å². The van der Waals surface area contributed by atoms with E-state index in [0.717, 1.165) is 12.8 Å². The first-order valence-corrected chi connectivity index (χ1v) is 7.42. The van der Waals surface area contributed by atoms with Crippen molar-refractivity contribution in [2.45, 2.75) is 38.0 Å². The lowest BCUT2D eigenvalue weighted by atomic mass is 10.0. The van der Waals surface area contributed by atoms with Gasteiger partial charge in [-0.2, -0.15) is 0 Å². The van der Waals surface area contributed by atoms with Crippen LogP contribution in [0.1, 0.15) is 18.9 Å². The molecule has 0 heterocycles. The summed E-state index contributed by atoms with van der Waals surface area (Å²) >= 11 is 0. The first-order chi connectivity index (χ1) is 10.1. The number of aryl methyl sites for hydroxylation is 1. The molecule has 1 rings (SSSR count). The van der Waals surface area contributed by atoms with Crippen LogP contribution < -0.4 is 0 Å². The molecule has 21 heavy (non-hydrogen) atoms. The summed E-state index contributed by atoms with van der Waals surface area (Å²) in [6.07, 6.45) is 0.105. The fourth-order valence-corrected chi connectivity index (χ4v) is 2.29. The van der Waals surface area contributed by atoms with E-state index in [-0.39, 0.29) is 32.3 Å². The molecule has 0 fully saturated rings. The van der Waals surface area contributed by atoms with Crippen LogP contribution in [-0.4, -0.2) is 69.9 Å². The minimum Gasteiger partial charge on any atom is -0.394 e. The molecule has 0 aliphatic carbocycles. The minimum absolute atomic E-state index is 0.132. The van der Waals surface area contributed by atoms with Crippen molar-refractivity contribution in [2.24, 2.45) is 0 Å². The van der Waals surface area contributed by atoms with Crippen LogP contribution in [0.3, 0.4) is 0 Å². The highest BCUT2D eigenvalue weighted by molar-refractivity contribution is 5.14. The van der Waals surface area contributed by atoms with Gasteiger partial charge in [0.2, 0.25) is 0 Å². The van der Waals surface area contributed by atoms with Gasteiger partial charge in [-0.1, -0.05) is 30.3 Å². The summed E-state index contributed by atoms with van der Waals surface area (Å²) < 4.78 is 0. The highest BCUT2D eigenvalue weighted by Gasteiger charge is 2.20. The van der Waals surface area contributed by atoms with Crippen molar-refractivity contribution in [1.82, 2.24) is 4.90 Å². The van der Waals surface area contributed by atoms with Gasteiger partial charge in [-0.3, -0.25) is 4.90 Å². The van der Waals surface area contributed by atoms with Crippen LogP contribution >= 0.6 is 0 Å². The topological polar surface area (TPSA) is 84.2 Å². The lowest BCUT2D eigenvalue weighted by Gasteiger charge is -2.32. The average Bonchev–Trinajstić information content (AvgIpc) is 2.52. The van der Waals surface area contributed by atoms with Crippen molar-refractivity contribution in [1.29, 1.82) is 0 Å². The van der Waals surface area contributed by atoms with Gasteiger partial charge in [-0.25, -0.2) is 0 Å². The Morgan fingerprint density at radius 2 is 1.48 bits per heavy atom. The van der Waals surface area contributed by atoms with Gasteiger partial charge in [0.25, 0.3) is 0 Å². The molecule has 0 saturated heterocycles. The molecule has 5 nitrogen and oxygen atoms in total. The molecule has 4 N–H and O–H groups in total. The molecule has 0 saturated carbocycles. The molecule has 3 atom stereocenters. The van der Waals surface area contributed by atoms with Crippen LogP contribution in [0.25, 0.3) is 0 Å². The van der Waals surface area contributed by atoms with Crippen LogP contribution in [0.5, 0.6) is 0 Å². The Bertz CT molecular complexity index is 362. The largest absolute Gasteiger partial charge is 0.394 e. The Hall–Kier alpha value is -0.980. The van der Waals surface area contributed by atoms with Crippen LogP contribution in [0, 0.1) is 0 Å². The Morgan fingerprint density at radius 1 is 0.952 bits per heavy atom. The SMILES string of the molecule is C[C@H](CCc1ccccc1)N(C[C@H](O)CO)C[C@@H](O)CO. The molecule has 0 unspecified atom stereocenters. The van der Waals surface area contributed by atoms with Crippen molar-refractivity contribution < 1.29 is 20.4 Å². The van der Waals surface area contributed by atoms with E-state index in [9.17, 15) is 10.2 Å². The third kappa shape index (κ3) is 7.02. The van der Waals surface area contributed by atoms with E-state index in [0.29, 0.717) is 0 Å². The van der Waals surface area contributed by atoms with E-state index < -0.39 is 12.2 Å². The molecule has 0 amide bonds. The summed E-state index contributed by atoms with van der Waals surface area (Å²) in [6, 6.07) is 10.3. The average molecular weight is 297 g/mol. The van der Waals surface area contributed by atoms with E-state index in [1.54, 1.807) is 0 Å². The zero-order chi connectivity index (χ0) is 15.7. The molecule has 0 bridgehead atoms. The Morgan fingerprint density at radius 3 is 1.95 bits per heavy atom. The van der Waals surface area contributed by atoms with E-state index in [1.165, 1.54) is 5.56 Å². The first kappa shape index (κ1) is 18.1. The number of hydrogen-bond acceptors (Lipinski definition) is 5. The Labute approximate surface area is 126 Å². The van der Waals surface area contributed by atoms with Crippen LogP contribution in [-0.2, 0) is 6.42 Å². The van der Waals surface area contributed by atoms with Gasteiger partial charge in [0.05, 0.1) is 25.4 Å². The first-order valence-electron chi connectivity index (χ1n) is 7.42. The fourth-order valence-electron chi connectivity index (χ4n) is 2.29. The molecule has 1 aromatic rings. The van der Waals surface area contributed by atoms with E-state index in [4.69, 9.17) is 10.2 Å². The Balaban J connectivity index is 2.54. The standard InChI is InChI=1S/C16H27NO4/c1-13(7-8-14-5-3-2-4-6-14)17(9-15(20)11-18)10-16(21)12-19/h2-6,13,15-16,18-21H,7-12H2,1H3/t13-,15-,16+/m1/s1. The zero-order valence-corrected chi connectivity index (χ0v) is 12.6. The molecule has 1 aromatic carbocycles. The molecule has 120 valence electrons. The van der Waals surface area contributed by atoms with Crippen molar-refractivity contribution in [2.75, 3.05) is 26.3 Å². The predicted octanol–water partition coefficient (Wildman–Crippen LogP) is 0.0161. The zero-order valence-electron chi connectivity index (χ0n) is 12.6. The van der Waals surface area contributed by atoms with Gasteiger partial charge in [0.1, 0.15) is 0 Å². The lowest BCUT2D eigenvalue weighted by molar-refractivity contribution is 0.00838. The highest BCUT2D eigenvalue weighted by atomic mass is 16.3. The minimum atomic E-state index is -0.838. The van der Waals surface area contributed by atoms with Crippen molar-refractivity contribution in [3.8, 4) is 0 Å². The number of hydrogen-bond donors (Lipinski definition) is 4. The maximum absolute atomic E-state index is 9.61. The van der Waals surface area contributed by atoms with E-state index >= 15 is 0 Å². The Kier molecular flexibility index (Phi) is 8.49. The van der Waals surface area contributed by atoms with Gasteiger partial charge >= 0.3 is 0 Å². The number of rotatable bonds is 10. The van der Waals surface area contributed by atoms with Gasteiger partial charge < -0.3 is 20.4 Å². The third-order valence-electron chi connectivity index (χ3n) is 3.63. The quantitative estimate of drug-likeness (QED) is 0.489. The number of nitrogens with zero attached hydrogens (tertiary/aromatic N) is 1. The third-order valence-corrected chi connectivity index (χ3v) is 3.63. The second kappa shape index (κ2) is 9.87. The number of aliphatic hydroxyl groups is 4. The summed E-state index contributed by atoms with van der Waals surface area (Å²) in [7, 11) is 0. The molecule has 0 spiro atoms. The van der Waals surface area contributed by atoms with Gasteiger partial charge in [-0.05, 0) is 25.3 Å². The van der Waals surface area contributed by atoms with Gasteiger partial charge in [0, 0.05) is 19.1 Å². The van der Waals surface area contributed by atoms with E-state index in [1.807, 2.05) is 30.0 Å². The molecule has 0 aromatic heterocycles. The normalized spacial score (nSPS) is 15.9. The predicted molar refractivity (Wildman–Crippen MR) is 82.0 cm³/mol. The molecular weight excluding hydrogens is 270 g/mol. The summed E-state index contributed by atoms with van der Waals surface area (Å²) in [5, 5.41) is 37.2. The van der Waals surface area contributed by atoms with Crippen molar-refractivity contribution >= 4 is 0 Å². The lowest BCUT2D eigenvalue weighted by Crippen LogP contribution is -2.45. The second-order valence-electron chi connectivity index (χ2n) is 5.50. The van der Waals surface area contributed by atoms with Crippen LogP contribution in [0.2, 0.25) is 0 Å². The van der Waals surface area contributed by atoms with Gasteiger partial charge in [-0.15, -0.1) is 0 Å². The van der Waals surface area contributed by atoms with Crippen LogP contribution in [0.4, 0.5) is 0 Å². The number of aliphatic hydroxyl groups excluding tert-OH is 4. The summed E-state index contributed by atoms with van der Waals surface area (Å²) in [5.74, 6) is 0. The fraction of sp³-hybridized carbons (Fsp3) is 0.625. The summed E-state index contributed by atoms with van der Waals surface area (Å²) in [5.41, 5.74) is 1.25. The van der Waals surface area contributed by atoms with Crippen LogP contribution in [0.15, 0.2) is 30.3 Å². The number of benzene rings is 1. The smallest absolute Gasteiger partial charge is 0.0897 e. The highest BCUT2D eigenvalue weighted by Crippen LogP contribution is 2.11. The molecule has 0 aliphatic heterocycles. The monoisotopic (exact) mass is 297 g/mol. The molecular formula is C16H27NO4. The second-order valence-corrected chi connectivity index (χ2v) is 5.50.